The van der Waals surface area contributed by atoms with E-state index < -0.39 is 6.09 Å². The Balaban J connectivity index is 1.63. The van der Waals surface area contributed by atoms with E-state index in [4.69, 9.17) is 4.74 Å². The van der Waals surface area contributed by atoms with Crippen LogP contribution in [-0.2, 0) is 16.1 Å². The fourth-order valence-electron chi connectivity index (χ4n) is 3.30. The number of fused-ring (bicyclic) bond motifs is 1. The Morgan fingerprint density at radius 2 is 1.95 bits per heavy atom. The van der Waals surface area contributed by atoms with Crippen molar-refractivity contribution < 1.29 is 14.3 Å². The molecular weight excluding hydrogens is 254 g/mol. The Hall–Kier alpha value is -1.84. The summed E-state index contributed by atoms with van der Waals surface area (Å²) in [6.45, 7) is 0.223. The van der Waals surface area contributed by atoms with Crippen LogP contribution in [0.15, 0.2) is 30.3 Å². The maximum Gasteiger partial charge on any atom is 0.417 e. The summed E-state index contributed by atoms with van der Waals surface area (Å²) in [5.41, 5.74) is 0.938. The van der Waals surface area contributed by atoms with E-state index >= 15 is 0 Å². The highest BCUT2D eigenvalue weighted by molar-refractivity contribution is 5.94. The van der Waals surface area contributed by atoms with Crippen LogP contribution in [-0.4, -0.2) is 22.9 Å². The minimum atomic E-state index is -0.478. The fourth-order valence-corrected chi connectivity index (χ4v) is 3.30. The van der Waals surface area contributed by atoms with Gasteiger partial charge in [0.1, 0.15) is 6.61 Å². The van der Waals surface area contributed by atoms with Crippen molar-refractivity contribution >= 4 is 12.0 Å². The van der Waals surface area contributed by atoms with Gasteiger partial charge in [0.2, 0.25) is 5.91 Å². The van der Waals surface area contributed by atoms with Crippen molar-refractivity contribution in [3.63, 3.8) is 0 Å². The first-order chi connectivity index (χ1) is 9.75. The molecule has 1 saturated heterocycles. The molecule has 20 heavy (non-hydrogen) atoms. The lowest BCUT2D eigenvalue weighted by molar-refractivity contribution is -0.127. The highest BCUT2D eigenvalue weighted by atomic mass is 16.6. The Kier molecular flexibility index (Phi) is 3.72. The first-order valence-electron chi connectivity index (χ1n) is 7.28. The molecule has 2 atom stereocenters. The Morgan fingerprint density at radius 1 is 1.20 bits per heavy atom. The Labute approximate surface area is 118 Å². The summed E-state index contributed by atoms with van der Waals surface area (Å²) < 4.78 is 5.30. The fraction of sp³-hybridized carbons (Fsp3) is 0.500. The molecule has 1 aliphatic heterocycles. The maximum absolute atomic E-state index is 12.2. The summed E-state index contributed by atoms with van der Waals surface area (Å²) in [5, 5.41) is 0. The summed E-state index contributed by atoms with van der Waals surface area (Å²) in [5.74, 6) is 0.278. The topological polar surface area (TPSA) is 46.6 Å². The molecule has 2 aliphatic rings. The second-order valence-electron chi connectivity index (χ2n) is 5.62. The van der Waals surface area contributed by atoms with Crippen molar-refractivity contribution in [3.05, 3.63) is 35.9 Å². The lowest BCUT2D eigenvalue weighted by atomic mass is 9.85. The summed E-state index contributed by atoms with van der Waals surface area (Å²) in [6, 6.07) is 9.61. The molecule has 4 heteroatoms. The smallest absolute Gasteiger partial charge is 0.417 e. The number of imide groups is 1. The van der Waals surface area contributed by atoms with Gasteiger partial charge in [0, 0.05) is 12.5 Å². The van der Waals surface area contributed by atoms with Gasteiger partial charge in [0.15, 0.2) is 0 Å². The molecule has 2 amide bonds. The highest BCUT2D eigenvalue weighted by Crippen LogP contribution is 2.37. The number of amides is 2. The van der Waals surface area contributed by atoms with E-state index in [1.807, 2.05) is 30.3 Å². The molecule has 106 valence electrons. The molecule has 0 aromatic heterocycles. The van der Waals surface area contributed by atoms with E-state index in [-0.39, 0.29) is 18.6 Å². The number of benzene rings is 1. The number of hydrogen-bond acceptors (Lipinski definition) is 3. The molecule has 1 aromatic carbocycles. The van der Waals surface area contributed by atoms with E-state index in [1.54, 1.807) is 0 Å². The van der Waals surface area contributed by atoms with Crippen molar-refractivity contribution in [1.29, 1.82) is 0 Å². The van der Waals surface area contributed by atoms with Crippen LogP contribution >= 0.6 is 0 Å². The Bertz CT molecular complexity index is 500. The average molecular weight is 273 g/mol. The maximum atomic E-state index is 12.2. The van der Waals surface area contributed by atoms with Crippen molar-refractivity contribution in [3.8, 4) is 0 Å². The van der Waals surface area contributed by atoms with Crippen LogP contribution in [0.2, 0.25) is 0 Å². The standard InChI is InChI=1S/C16H19NO3/c18-15-10-13-8-4-5-9-14(13)17(15)16(19)20-11-12-6-2-1-3-7-12/h1-3,6-7,13-14H,4-5,8-11H2/t13-,14-/m1/s1. The van der Waals surface area contributed by atoms with Gasteiger partial charge in [-0.15, -0.1) is 0 Å². The molecule has 1 aromatic rings. The quantitative estimate of drug-likeness (QED) is 0.831. The van der Waals surface area contributed by atoms with Gasteiger partial charge in [-0.25, -0.2) is 9.69 Å². The van der Waals surface area contributed by atoms with Crippen LogP contribution in [0.1, 0.15) is 37.7 Å². The normalized spacial score (nSPS) is 25.4. The largest absolute Gasteiger partial charge is 0.444 e. The molecule has 3 rings (SSSR count). The van der Waals surface area contributed by atoms with E-state index in [1.165, 1.54) is 11.3 Å². The molecular formula is C16H19NO3. The zero-order valence-electron chi connectivity index (χ0n) is 11.5. The van der Waals surface area contributed by atoms with Crippen LogP contribution in [0.5, 0.6) is 0 Å². The van der Waals surface area contributed by atoms with Crippen molar-refractivity contribution in [1.82, 2.24) is 4.90 Å². The van der Waals surface area contributed by atoms with E-state index in [2.05, 4.69) is 0 Å². The third-order valence-electron chi connectivity index (χ3n) is 4.31. The first kappa shape index (κ1) is 13.2. The molecule has 1 heterocycles. The van der Waals surface area contributed by atoms with Gasteiger partial charge < -0.3 is 4.74 Å². The van der Waals surface area contributed by atoms with Crippen LogP contribution in [0, 0.1) is 5.92 Å². The van der Waals surface area contributed by atoms with Gasteiger partial charge in [0.05, 0.1) is 0 Å². The molecule has 0 unspecified atom stereocenters. The predicted octanol–water partition coefficient (Wildman–Crippen LogP) is 3.11. The van der Waals surface area contributed by atoms with Gasteiger partial charge in [-0.2, -0.15) is 0 Å². The molecule has 1 aliphatic carbocycles. The molecule has 0 radical (unpaired) electrons. The second kappa shape index (κ2) is 5.65. The monoisotopic (exact) mass is 273 g/mol. The van der Waals surface area contributed by atoms with E-state index in [0.717, 1.165) is 24.8 Å². The minimum Gasteiger partial charge on any atom is -0.444 e. The minimum absolute atomic E-state index is 0.0690. The molecule has 1 saturated carbocycles. The zero-order chi connectivity index (χ0) is 13.9. The summed E-state index contributed by atoms with van der Waals surface area (Å²) in [7, 11) is 0. The number of rotatable bonds is 2. The second-order valence-corrected chi connectivity index (χ2v) is 5.62. The Morgan fingerprint density at radius 3 is 2.75 bits per heavy atom. The first-order valence-corrected chi connectivity index (χ1v) is 7.28. The van der Waals surface area contributed by atoms with E-state index in [0.29, 0.717) is 12.3 Å². The molecule has 0 bridgehead atoms. The number of likely N-dealkylation sites (tertiary alicyclic amines) is 1. The number of carbonyl (C=O) groups excluding carboxylic acids is 2. The molecule has 2 fully saturated rings. The molecule has 0 spiro atoms. The zero-order valence-corrected chi connectivity index (χ0v) is 11.5. The van der Waals surface area contributed by atoms with Gasteiger partial charge in [-0.1, -0.05) is 43.2 Å². The van der Waals surface area contributed by atoms with Gasteiger partial charge in [-0.05, 0) is 24.3 Å². The predicted molar refractivity (Wildman–Crippen MR) is 73.8 cm³/mol. The van der Waals surface area contributed by atoms with Crippen LogP contribution in [0.25, 0.3) is 0 Å². The highest BCUT2D eigenvalue weighted by Gasteiger charge is 2.44. The summed E-state index contributed by atoms with van der Waals surface area (Å²) in [4.78, 5) is 25.6. The SMILES string of the molecule is O=C1C[C@H]2CCCC[C@H]2N1C(=O)OCc1ccccc1. The van der Waals surface area contributed by atoms with Crippen molar-refractivity contribution in [2.24, 2.45) is 5.92 Å². The molecule has 0 N–H and O–H groups in total. The number of carbonyl (C=O) groups is 2. The third kappa shape index (κ3) is 2.55. The third-order valence-corrected chi connectivity index (χ3v) is 4.31. The van der Waals surface area contributed by atoms with Gasteiger partial charge in [0.25, 0.3) is 0 Å². The van der Waals surface area contributed by atoms with Crippen LogP contribution in [0.4, 0.5) is 4.79 Å². The van der Waals surface area contributed by atoms with Gasteiger partial charge in [-0.3, -0.25) is 4.79 Å². The van der Waals surface area contributed by atoms with Crippen molar-refractivity contribution in [2.75, 3.05) is 0 Å². The van der Waals surface area contributed by atoms with Gasteiger partial charge >= 0.3 is 6.09 Å². The lowest BCUT2D eigenvalue weighted by Crippen LogP contribution is -2.41. The van der Waals surface area contributed by atoms with Crippen LogP contribution in [0.3, 0.4) is 0 Å². The summed E-state index contributed by atoms with van der Waals surface area (Å²) in [6.07, 6.45) is 4.27. The molecule has 4 nitrogen and oxygen atoms in total. The number of hydrogen-bond donors (Lipinski definition) is 0. The van der Waals surface area contributed by atoms with Crippen LogP contribution < -0.4 is 0 Å². The number of ether oxygens (including phenoxy) is 1. The average Bonchev–Trinajstić information content (AvgIpc) is 2.82. The summed E-state index contributed by atoms with van der Waals surface area (Å²) >= 11 is 0. The van der Waals surface area contributed by atoms with Crippen molar-refractivity contribution in [2.45, 2.75) is 44.8 Å². The number of nitrogens with zero attached hydrogens (tertiary/aromatic N) is 1. The van der Waals surface area contributed by atoms with E-state index in [9.17, 15) is 9.59 Å². The lowest BCUT2D eigenvalue weighted by Gasteiger charge is -2.29.